The van der Waals surface area contributed by atoms with Crippen molar-refractivity contribution < 1.29 is 14.5 Å². The molecule has 0 saturated carbocycles. The molecule has 0 aliphatic carbocycles. The molecule has 0 unspecified atom stereocenters. The second-order valence-electron chi connectivity index (χ2n) is 4.42. The minimum absolute atomic E-state index is 0.154. The number of rotatable bonds is 8. The lowest BCUT2D eigenvalue weighted by Crippen LogP contribution is -2.24. The molecule has 1 aromatic rings. The summed E-state index contributed by atoms with van der Waals surface area (Å²) in [6, 6.07) is 4.22. The van der Waals surface area contributed by atoms with Crippen LogP contribution < -0.4 is 16.4 Å². The maximum Gasteiger partial charge on any atom is 0.293 e. The predicted molar refractivity (Wildman–Crippen MR) is 78.0 cm³/mol. The maximum absolute atomic E-state index is 11.9. The smallest absolute Gasteiger partial charge is 0.293 e. The predicted octanol–water partition coefficient (Wildman–Crippen LogP) is 1.02. The first-order valence-corrected chi connectivity index (χ1v) is 6.48. The summed E-state index contributed by atoms with van der Waals surface area (Å²) < 4.78 is 0. The summed E-state index contributed by atoms with van der Waals surface area (Å²) in [4.78, 5) is 32.8. The number of hydrogen-bond acceptors (Lipinski definition) is 5. The molecule has 0 fully saturated rings. The van der Waals surface area contributed by atoms with E-state index in [0.29, 0.717) is 25.1 Å². The van der Waals surface area contributed by atoms with Crippen molar-refractivity contribution in [1.29, 1.82) is 0 Å². The minimum atomic E-state index is -0.546. The molecule has 0 bridgehead atoms. The average Bonchev–Trinajstić information content (AvgIpc) is 2.45. The quantitative estimate of drug-likeness (QED) is 0.375. The van der Waals surface area contributed by atoms with Gasteiger partial charge in [0.05, 0.1) is 4.92 Å². The normalized spacial score (nSPS) is 9.95. The molecule has 1 rings (SSSR count). The van der Waals surface area contributed by atoms with E-state index >= 15 is 0 Å². The largest absolute Gasteiger partial charge is 0.383 e. The number of hydrogen-bond donors (Lipinski definition) is 3. The molecule has 4 N–H and O–H groups in total. The van der Waals surface area contributed by atoms with E-state index in [1.165, 1.54) is 18.2 Å². The lowest BCUT2D eigenvalue weighted by atomic mass is 10.1. The third-order valence-electron chi connectivity index (χ3n) is 2.86. The summed E-state index contributed by atoms with van der Waals surface area (Å²) in [5.41, 5.74) is 5.41. The highest BCUT2D eigenvalue weighted by Crippen LogP contribution is 2.24. The number of benzene rings is 1. The molecule has 0 spiro atoms. The van der Waals surface area contributed by atoms with Crippen LogP contribution in [0.5, 0.6) is 0 Å². The van der Waals surface area contributed by atoms with E-state index in [-0.39, 0.29) is 29.5 Å². The summed E-state index contributed by atoms with van der Waals surface area (Å²) in [7, 11) is 1.57. The third-order valence-corrected chi connectivity index (χ3v) is 2.86. The molecule has 0 heterocycles. The van der Waals surface area contributed by atoms with Crippen LogP contribution in [0.3, 0.4) is 0 Å². The maximum atomic E-state index is 11.9. The molecule has 0 aromatic heterocycles. The van der Waals surface area contributed by atoms with Crippen molar-refractivity contribution in [3.05, 3.63) is 33.9 Å². The van der Waals surface area contributed by atoms with E-state index < -0.39 is 4.92 Å². The second-order valence-corrected chi connectivity index (χ2v) is 4.42. The topological polar surface area (TPSA) is 127 Å². The van der Waals surface area contributed by atoms with Crippen molar-refractivity contribution in [2.24, 2.45) is 5.73 Å². The van der Waals surface area contributed by atoms with Crippen LogP contribution in [0.2, 0.25) is 0 Å². The Morgan fingerprint density at radius 1 is 1.33 bits per heavy atom. The van der Waals surface area contributed by atoms with E-state index in [0.717, 1.165) is 0 Å². The van der Waals surface area contributed by atoms with Crippen LogP contribution in [0.4, 0.5) is 11.4 Å². The van der Waals surface area contributed by atoms with Crippen molar-refractivity contribution in [3.63, 3.8) is 0 Å². The Labute approximate surface area is 121 Å². The van der Waals surface area contributed by atoms with Gasteiger partial charge in [0.15, 0.2) is 0 Å². The van der Waals surface area contributed by atoms with E-state index in [1.54, 1.807) is 7.05 Å². The molecule has 21 heavy (non-hydrogen) atoms. The van der Waals surface area contributed by atoms with Crippen molar-refractivity contribution >= 4 is 23.2 Å². The van der Waals surface area contributed by atoms with Crippen LogP contribution in [0, 0.1) is 10.1 Å². The number of nitro groups is 1. The van der Waals surface area contributed by atoms with Crippen molar-refractivity contribution in [1.82, 2.24) is 5.32 Å². The molecule has 0 saturated heterocycles. The summed E-state index contributed by atoms with van der Waals surface area (Å²) in [6.07, 6.45) is 1.48. The molecule has 0 aliphatic heterocycles. The number of amides is 2. The fourth-order valence-electron chi connectivity index (χ4n) is 1.76. The summed E-state index contributed by atoms with van der Waals surface area (Å²) >= 11 is 0. The molecule has 8 nitrogen and oxygen atoms in total. The molecule has 114 valence electrons. The number of carbonyl (C=O) groups excluding carboxylic acids is 2. The monoisotopic (exact) mass is 294 g/mol. The summed E-state index contributed by atoms with van der Waals surface area (Å²) in [6.45, 7) is 0.383. The van der Waals surface area contributed by atoms with Gasteiger partial charge in [-0.25, -0.2) is 0 Å². The average molecular weight is 294 g/mol. The van der Waals surface area contributed by atoms with Crippen molar-refractivity contribution in [2.45, 2.75) is 19.3 Å². The van der Waals surface area contributed by atoms with E-state index in [2.05, 4.69) is 10.6 Å². The molecule has 1 aromatic carbocycles. The molecule has 0 aliphatic rings. The van der Waals surface area contributed by atoms with E-state index in [4.69, 9.17) is 5.73 Å². The number of nitrogens with two attached hydrogens (primary N) is 1. The number of carbonyl (C=O) groups is 2. The van der Waals surface area contributed by atoms with Gasteiger partial charge >= 0.3 is 0 Å². The highest BCUT2D eigenvalue weighted by atomic mass is 16.6. The van der Waals surface area contributed by atoms with Crippen LogP contribution in [-0.2, 0) is 4.79 Å². The number of nitrogens with zero attached hydrogens (tertiary/aromatic N) is 1. The molecule has 0 radical (unpaired) electrons. The summed E-state index contributed by atoms with van der Waals surface area (Å²) in [5, 5.41) is 16.2. The highest BCUT2D eigenvalue weighted by Gasteiger charge is 2.16. The standard InChI is InChI=1S/C13H18N4O4/c1-15-10-6-5-9(8-11(10)17(20)21)13(19)16-7-3-2-4-12(14)18/h5-6,8,15H,2-4,7H2,1H3,(H2,14,18)(H,16,19). The Balaban J connectivity index is 2.60. The van der Waals surface area contributed by atoms with Gasteiger partial charge in [0.2, 0.25) is 5.91 Å². The molecular formula is C13H18N4O4. The Hall–Kier alpha value is -2.64. The zero-order valence-electron chi connectivity index (χ0n) is 11.7. The SMILES string of the molecule is CNc1ccc(C(=O)NCCCCC(N)=O)cc1[N+](=O)[O-]. The summed E-state index contributed by atoms with van der Waals surface area (Å²) in [5.74, 6) is -0.764. The number of primary amides is 1. The van der Waals surface area contributed by atoms with Crippen LogP contribution in [0.1, 0.15) is 29.6 Å². The highest BCUT2D eigenvalue weighted by molar-refractivity contribution is 5.95. The molecule has 2 amide bonds. The number of nitrogens with one attached hydrogen (secondary N) is 2. The van der Waals surface area contributed by atoms with Gasteiger partial charge in [-0.15, -0.1) is 0 Å². The third kappa shape index (κ3) is 5.09. The lowest BCUT2D eigenvalue weighted by molar-refractivity contribution is -0.384. The zero-order chi connectivity index (χ0) is 15.8. The van der Waals surface area contributed by atoms with Crippen molar-refractivity contribution in [3.8, 4) is 0 Å². The number of nitro benzene ring substituents is 1. The second kappa shape index (κ2) is 7.83. The van der Waals surface area contributed by atoms with Gasteiger partial charge < -0.3 is 16.4 Å². The van der Waals surface area contributed by atoms with Gasteiger partial charge in [-0.05, 0) is 25.0 Å². The van der Waals surface area contributed by atoms with Gasteiger partial charge in [-0.3, -0.25) is 19.7 Å². The minimum Gasteiger partial charge on any atom is -0.383 e. The van der Waals surface area contributed by atoms with Crippen LogP contribution in [-0.4, -0.2) is 30.3 Å². The Morgan fingerprint density at radius 2 is 2.05 bits per heavy atom. The van der Waals surface area contributed by atoms with Gasteiger partial charge in [0.25, 0.3) is 11.6 Å². The molecular weight excluding hydrogens is 276 g/mol. The Bertz CT molecular complexity index is 545. The van der Waals surface area contributed by atoms with Crippen LogP contribution >= 0.6 is 0 Å². The van der Waals surface area contributed by atoms with Gasteiger partial charge in [0.1, 0.15) is 5.69 Å². The molecule has 0 atom stereocenters. The lowest BCUT2D eigenvalue weighted by Gasteiger charge is -2.07. The number of unbranched alkanes of at least 4 members (excludes halogenated alkanes) is 1. The Morgan fingerprint density at radius 3 is 2.62 bits per heavy atom. The fourth-order valence-corrected chi connectivity index (χ4v) is 1.76. The first kappa shape index (κ1) is 16.4. The van der Waals surface area contributed by atoms with Gasteiger partial charge in [-0.2, -0.15) is 0 Å². The van der Waals surface area contributed by atoms with E-state index in [1.807, 2.05) is 0 Å². The van der Waals surface area contributed by atoms with Crippen molar-refractivity contribution in [2.75, 3.05) is 18.9 Å². The fraction of sp³-hybridized carbons (Fsp3) is 0.385. The van der Waals surface area contributed by atoms with Crippen LogP contribution in [0.15, 0.2) is 18.2 Å². The Kier molecular flexibility index (Phi) is 6.12. The van der Waals surface area contributed by atoms with Gasteiger partial charge in [-0.1, -0.05) is 0 Å². The number of anilines is 1. The first-order chi connectivity index (χ1) is 9.95. The van der Waals surface area contributed by atoms with E-state index in [9.17, 15) is 19.7 Å². The molecule has 8 heteroatoms. The van der Waals surface area contributed by atoms with Gasteiger partial charge in [0, 0.05) is 31.6 Å². The first-order valence-electron chi connectivity index (χ1n) is 6.48. The van der Waals surface area contributed by atoms with Crippen LogP contribution in [0.25, 0.3) is 0 Å². The zero-order valence-corrected chi connectivity index (χ0v) is 11.7.